The van der Waals surface area contributed by atoms with Gasteiger partial charge in [-0.25, -0.2) is 0 Å². The lowest BCUT2D eigenvalue weighted by atomic mass is 10.4. The maximum absolute atomic E-state index is 11.2. The van der Waals surface area contributed by atoms with Gasteiger partial charge in [0.15, 0.2) is 0 Å². The van der Waals surface area contributed by atoms with Gasteiger partial charge in [0.1, 0.15) is 0 Å². The average molecular weight is 206 g/mol. The molecule has 1 amide bonds. The molecule has 1 aromatic heterocycles. The molecule has 0 aromatic carbocycles. The van der Waals surface area contributed by atoms with Crippen LogP contribution in [0, 0.1) is 0 Å². The van der Waals surface area contributed by atoms with Crippen molar-refractivity contribution in [2.24, 2.45) is 0 Å². The number of rotatable bonds is 2. The maximum atomic E-state index is 11.2. The van der Waals surface area contributed by atoms with Gasteiger partial charge in [-0.1, -0.05) is 11.3 Å². The fourth-order valence-corrected chi connectivity index (χ4v) is 1.35. The van der Waals surface area contributed by atoms with Crippen LogP contribution in [0.25, 0.3) is 0 Å². The average Bonchev–Trinajstić information content (AvgIpc) is 2.34. The predicted octanol–water partition coefficient (Wildman–Crippen LogP) is 1.33. The highest BCUT2D eigenvalue weighted by Gasteiger charge is 2.11. The number of nitrogens with one attached hydrogen (secondary N) is 1. The molecule has 0 fully saturated rings. The molecule has 0 saturated heterocycles. The van der Waals surface area contributed by atoms with E-state index in [1.165, 1.54) is 0 Å². The Labute approximate surface area is 79.0 Å². The van der Waals surface area contributed by atoms with E-state index in [-0.39, 0.29) is 16.4 Å². The molecule has 0 aliphatic carbocycles. The van der Waals surface area contributed by atoms with Gasteiger partial charge in [-0.15, -0.1) is 10.2 Å². The van der Waals surface area contributed by atoms with Gasteiger partial charge in [-0.2, -0.15) is 0 Å². The highest BCUT2D eigenvalue weighted by molar-refractivity contribution is 7.17. The highest BCUT2D eigenvalue weighted by Crippen LogP contribution is 2.14. The van der Waals surface area contributed by atoms with Gasteiger partial charge in [0, 0.05) is 6.04 Å². The number of carbonyl (C=O) groups excluding carboxylic acids is 1. The second-order valence-corrected chi connectivity index (χ2v) is 4.05. The summed E-state index contributed by atoms with van der Waals surface area (Å²) >= 11 is 6.57. The smallest absolute Gasteiger partial charge is 0.282 e. The predicted molar refractivity (Wildman–Crippen MR) is 47.5 cm³/mol. The van der Waals surface area contributed by atoms with Crippen LogP contribution in [0.15, 0.2) is 0 Å². The van der Waals surface area contributed by atoms with Crippen LogP contribution in [0.5, 0.6) is 0 Å². The van der Waals surface area contributed by atoms with Crippen LogP contribution in [0.1, 0.15) is 23.6 Å². The van der Waals surface area contributed by atoms with Crippen molar-refractivity contribution in [3.8, 4) is 0 Å². The Morgan fingerprint density at radius 2 is 2.25 bits per heavy atom. The fourth-order valence-electron chi connectivity index (χ4n) is 0.621. The quantitative estimate of drug-likeness (QED) is 0.793. The van der Waals surface area contributed by atoms with Gasteiger partial charge >= 0.3 is 0 Å². The van der Waals surface area contributed by atoms with Gasteiger partial charge in [0.25, 0.3) is 5.91 Å². The SMILES string of the molecule is CC(C)NC(=O)c1nnc(Cl)s1. The van der Waals surface area contributed by atoms with Crippen LogP contribution in [0.2, 0.25) is 4.47 Å². The molecule has 0 unspecified atom stereocenters. The van der Waals surface area contributed by atoms with E-state index in [0.717, 1.165) is 11.3 Å². The molecule has 1 rings (SSSR count). The maximum Gasteiger partial charge on any atom is 0.282 e. The first-order valence-electron chi connectivity index (χ1n) is 3.39. The summed E-state index contributed by atoms with van der Waals surface area (Å²) in [6.07, 6.45) is 0. The van der Waals surface area contributed by atoms with E-state index in [1.807, 2.05) is 13.8 Å². The molecule has 0 atom stereocenters. The molecule has 12 heavy (non-hydrogen) atoms. The van der Waals surface area contributed by atoms with E-state index in [2.05, 4.69) is 15.5 Å². The number of aromatic nitrogens is 2. The van der Waals surface area contributed by atoms with Gasteiger partial charge in [-0.05, 0) is 25.4 Å². The summed E-state index contributed by atoms with van der Waals surface area (Å²) in [5, 5.41) is 10.1. The third-order valence-electron chi connectivity index (χ3n) is 1.01. The molecular formula is C6H8ClN3OS. The molecule has 66 valence electrons. The van der Waals surface area contributed by atoms with Crippen molar-refractivity contribution in [2.75, 3.05) is 0 Å². The molecule has 1 N–H and O–H groups in total. The van der Waals surface area contributed by atoms with Gasteiger partial charge in [0.2, 0.25) is 9.47 Å². The van der Waals surface area contributed by atoms with E-state index in [4.69, 9.17) is 11.6 Å². The molecule has 0 radical (unpaired) electrons. The number of carbonyl (C=O) groups is 1. The number of hydrogen-bond acceptors (Lipinski definition) is 4. The van der Waals surface area contributed by atoms with E-state index in [1.54, 1.807) is 0 Å². The zero-order chi connectivity index (χ0) is 9.14. The molecule has 0 bridgehead atoms. The van der Waals surface area contributed by atoms with Crippen LogP contribution in [0.4, 0.5) is 0 Å². The summed E-state index contributed by atoms with van der Waals surface area (Å²) < 4.78 is 0.281. The van der Waals surface area contributed by atoms with Crippen LogP contribution < -0.4 is 5.32 Å². The number of hydrogen-bond donors (Lipinski definition) is 1. The van der Waals surface area contributed by atoms with Crippen LogP contribution in [-0.4, -0.2) is 22.1 Å². The first kappa shape index (κ1) is 9.41. The minimum atomic E-state index is -0.227. The van der Waals surface area contributed by atoms with Gasteiger partial charge in [0.05, 0.1) is 0 Å². The summed E-state index contributed by atoms with van der Waals surface area (Å²) in [4.78, 5) is 11.2. The van der Waals surface area contributed by atoms with Gasteiger partial charge in [-0.3, -0.25) is 4.79 Å². The Morgan fingerprint density at radius 1 is 1.58 bits per heavy atom. The van der Waals surface area contributed by atoms with Crippen molar-refractivity contribution in [2.45, 2.75) is 19.9 Å². The number of nitrogens with zero attached hydrogens (tertiary/aromatic N) is 2. The molecule has 4 nitrogen and oxygen atoms in total. The third-order valence-corrected chi connectivity index (χ3v) is 2.03. The van der Waals surface area contributed by atoms with E-state index < -0.39 is 0 Å². The fraction of sp³-hybridized carbons (Fsp3) is 0.500. The summed E-state index contributed by atoms with van der Waals surface area (Å²) in [5.74, 6) is -0.227. The third kappa shape index (κ3) is 2.42. The zero-order valence-electron chi connectivity index (χ0n) is 6.67. The molecule has 0 aliphatic heterocycles. The first-order chi connectivity index (χ1) is 5.59. The minimum absolute atomic E-state index is 0.0974. The molecule has 0 spiro atoms. The summed E-state index contributed by atoms with van der Waals surface area (Å²) in [7, 11) is 0. The van der Waals surface area contributed by atoms with Crippen molar-refractivity contribution in [1.29, 1.82) is 0 Å². The summed E-state index contributed by atoms with van der Waals surface area (Å²) in [6.45, 7) is 3.75. The molecule has 1 aromatic rings. The Kier molecular flexibility index (Phi) is 2.99. The number of amides is 1. The number of halogens is 1. The molecule has 0 aliphatic rings. The monoisotopic (exact) mass is 205 g/mol. The van der Waals surface area contributed by atoms with Crippen molar-refractivity contribution >= 4 is 28.8 Å². The lowest BCUT2D eigenvalue weighted by molar-refractivity contribution is 0.0942. The van der Waals surface area contributed by atoms with E-state index in [9.17, 15) is 4.79 Å². The summed E-state index contributed by atoms with van der Waals surface area (Å²) in [6, 6.07) is 0.0974. The second-order valence-electron chi connectivity index (χ2n) is 2.49. The Hall–Kier alpha value is -0.680. The molecule has 1 heterocycles. The zero-order valence-corrected chi connectivity index (χ0v) is 8.24. The van der Waals surface area contributed by atoms with Crippen molar-refractivity contribution < 1.29 is 4.79 Å². The standard InChI is InChI=1S/C6H8ClN3OS/c1-3(2)8-4(11)5-9-10-6(7)12-5/h3H,1-2H3,(H,8,11). The lowest BCUT2D eigenvalue weighted by Gasteiger charge is -2.04. The van der Waals surface area contributed by atoms with Crippen LogP contribution in [-0.2, 0) is 0 Å². The van der Waals surface area contributed by atoms with Crippen LogP contribution in [0.3, 0.4) is 0 Å². The van der Waals surface area contributed by atoms with Crippen molar-refractivity contribution in [1.82, 2.24) is 15.5 Å². The van der Waals surface area contributed by atoms with Gasteiger partial charge < -0.3 is 5.32 Å². The molecular weight excluding hydrogens is 198 g/mol. The summed E-state index contributed by atoms with van der Waals surface area (Å²) in [5.41, 5.74) is 0. The molecule has 0 saturated carbocycles. The van der Waals surface area contributed by atoms with E-state index in [0.29, 0.717) is 5.01 Å². The minimum Gasteiger partial charge on any atom is -0.348 e. The first-order valence-corrected chi connectivity index (χ1v) is 4.59. The Balaban J connectivity index is 2.65. The largest absolute Gasteiger partial charge is 0.348 e. The van der Waals surface area contributed by atoms with Crippen molar-refractivity contribution in [3.05, 3.63) is 9.47 Å². The Bertz CT molecular complexity index is 286. The topological polar surface area (TPSA) is 54.9 Å². The molecule has 6 heteroatoms. The lowest BCUT2D eigenvalue weighted by Crippen LogP contribution is -2.29. The van der Waals surface area contributed by atoms with Crippen molar-refractivity contribution in [3.63, 3.8) is 0 Å². The van der Waals surface area contributed by atoms with E-state index >= 15 is 0 Å². The highest BCUT2D eigenvalue weighted by atomic mass is 35.5. The normalized spacial score (nSPS) is 10.3. The van der Waals surface area contributed by atoms with Crippen LogP contribution >= 0.6 is 22.9 Å². The Morgan fingerprint density at radius 3 is 2.67 bits per heavy atom. The second kappa shape index (κ2) is 3.82.